The van der Waals surface area contributed by atoms with Crippen molar-refractivity contribution in [3.05, 3.63) is 71.4 Å². The Hall–Kier alpha value is -5.44. The minimum absolute atomic E-state index is 0.0292. The molecule has 2 aliphatic carbocycles. The van der Waals surface area contributed by atoms with E-state index in [4.69, 9.17) is 14.5 Å². The lowest BCUT2D eigenvalue weighted by Crippen LogP contribution is -2.52. The largest absolute Gasteiger partial charge is 0.469 e. The van der Waals surface area contributed by atoms with Gasteiger partial charge in [0.05, 0.1) is 44.8 Å². The van der Waals surface area contributed by atoms with E-state index in [0.29, 0.717) is 29.8 Å². The van der Waals surface area contributed by atoms with Crippen molar-refractivity contribution in [3.8, 4) is 11.8 Å². The number of carbonyl (C=O) groups excluding carboxylic acids is 4. The lowest BCUT2D eigenvalue weighted by atomic mass is 9.89. The third-order valence-corrected chi connectivity index (χ3v) is 12.5. The molecule has 56 heavy (non-hydrogen) atoms. The van der Waals surface area contributed by atoms with Crippen LogP contribution >= 0.6 is 0 Å². The third kappa shape index (κ3) is 7.19. The van der Waals surface area contributed by atoms with Gasteiger partial charge in [0.1, 0.15) is 17.6 Å². The number of aromatic amines is 1. The van der Waals surface area contributed by atoms with Crippen LogP contribution in [0.2, 0.25) is 0 Å². The zero-order valence-corrected chi connectivity index (χ0v) is 32.9. The van der Waals surface area contributed by atoms with Crippen LogP contribution < -0.4 is 5.32 Å². The Labute approximate surface area is 327 Å². The van der Waals surface area contributed by atoms with Crippen LogP contribution in [0, 0.1) is 41.4 Å². The maximum absolute atomic E-state index is 13.9. The molecule has 1 aromatic heterocycles. The number of imidazole rings is 1. The molecule has 3 aromatic rings. The predicted octanol–water partition coefficient (Wildman–Crippen LogP) is 6.02. The van der Waals surface area contributed by atoms with Crippen LogP contribution in [0.1, 0.15) is 94.9 Å². The van der Waals surface area contributed by atoms with Crippen LogP contribution in [-0.2, 0) is 23.9 Å². The normalized spacial score (nSPS) is 25.5. The molecule has 4 fully saturated rings. The summed E-state index contributed by atoms with van der Waals surface area (Å²) in [6.45, 7) is 7.81. The molecule has 4 heterocycles. The summed E-state index contributed by atoms with van der Waals surface area (Å²) in [7, 11) is 2.67. The first kappa shape index (κ1) is 37.5. The van der Waals surface area contributed by atoms with Crippen LogP contribution in [0.15, 0.2) is 53.8 Å². The summed E-state index contributed by atoms with van der Waals surface area (Å²) in [6.07, 6.45) is 7.58. The zero-order valence-electron chi connectivity index (χ0n) is 32.9. The Morgan fingerprint density at radius 2 is 1.55 bits per heavy atom. The number of nitrogens with zero attached hydrogens (tertiary/aromatic N) is 4. The standard InChI is InChI=1S/C44H50N6O6/c1-23(2)33(20-39(51)55-5)42(52)49-35-16-29(35)18-37(49)34-15-31(21-45-34)28-11-10-26-13-25(7-9-27(26)14-28)8-12-32-22-46-41(47-32)38-19-30-17-36(30)50(38)43(53)40(24(3)4)48-44(54)56-6/h7,9-11,13-14,21-24,29-30,33,35-38,40H,15-20H2,1-6H3,(H,46,47)(H,48,54)/t29-,30-,33+,35-,36-,37+,38?,40+/m1/s1. The zero-order chi connectivity index (χ0) is 39.4. The van der Waals surface area contributed by atoms with E-state index >= 15 is 0 Å². The van der Waals surface area contributed by atoms with Gasteiger partial charge in [0, 0.05) is 36.0 Å². The number of aromatic nitrogens is 2. The fourth-order valence-corrected chi connectivity index (χ4v) is 9.07. The van der Waals surface area contributed by atoms with Gasteiger partial charge in [-0.25, -0.2) is 9.78 Å². The van der Waals surface area contributed by atoms with E-state index in [2.05, 4.69) is 57.5 Å². The van der Waals surface area contributed by atoms with Crippen LogP contribution in [0.4, 0.5) is 4.79 Å². The number of ether oxygens (including phenoxy) is 2. The van der Waals surface area contributed by atoms with Gasteiger partial charge in [-0.05, 0) is 95.4 Å². The molecule has 2 aromatic carbocycles. The van der Waals surface area contributed by atoms with Gasteiger partial charge in [-0.15, -0.1) is 0 Å². The molecule has 2 N–H and O–H groups in total. The molecule has 292 valence electrons. The number of rotatable bonds is 10. The van der Waals surface area contributed by atoms with E-state index in [9.17, 15) is 19.2 Å². The second kappa shape index (κ2) is 14.9. The monoisotopic (exact) mass is 758 g/mol. The molecule has 8 rings (SSSR count). The number of likely N-dealkylation sites (tertiary alicyclic amines) is 2. The molecule has 12 heteroatoms. The number of methoxy groups -OCH3 is 2. The lowest BCUT2D eigenvalue weighted by molar-refractivity contribution is -0.148. The van der Waals surface area contributed by atoms with Crippen molar-refractivity contribution in [1.29, 1.82) is 0 Å². The van der Waals surface area contributed by atoms with Gasteiger partial charge in [0.15, 0.2) is 0 Å². The topological polar surface area (TPSA) is 146 Å². The molecule has 0 spiro atoms. The highest BCUT2D eigenvalue weighted by Gasteiger charge is 2.57. The molecule has 5 aliphatic rings. The molecule has 0 radical (unpaired) electrons. The summed E-state index contributed by atoms with van der Waals surface area (Å²) >= 11 is 0. The van der Waals surface area contributed by atoms with Crippen LogP contribution in [0.5, 0.6) is 0 Å². The lowest BCUT2D eigenvalue weighted by Gasteiger charge is -2.32. The number of benzene rings is 2. The number of amides is 3. The fourth-order valence-electron chi connectivity index (χ4n) is 9.07. The third-order valence-electron chi connectivity index (χ3n) is 12.5. The fraction of sp³-hybridized carbons (Fsp3) is 0.500. The smallest absolute Gasteiger partial charge is 0.407 e. The van der Waals surface area contributed by atoms with Crippen molar-refractivity contribution in [3.63, 3.8) is 0 Å². The first-order valence-electron chi connectivity index (χ1n) is 19.9. The van der Waals surface area contributed by atoms with E-state index in [1.54, 1.807) is 6.20 Å². The minimum atomic E-state index is -0.683. The van der Waals surface area contributed by atoms with Crippen molar-refractivity contribution in [2.75, 3.05) is 14.2 Å². The van der Waals surface area contributed by atoms with Gasteiger partial charge in [0.2, 0.25) is 11.8 Å². The maximum Gasteiger partial charge on any atom is 0.407 e. The van der Waals surface area contributed by atoms with Crippen LogP contribution in [0.25, 0.3) is 16.3 Å². The SMILES string of the molecule is COC(=O)C[C@H](C(=O)N1[C@@H]2C[C@@H]2C[C@H]1C1=NC=C(c2ccc3cc(C#Cc4cnc(C5C[C@H]6C[C@H]6N5C(=O)[C@@H](NC(=O)OC)C(C)C)[nH]4)ccc3c2)C1)C(C)C. The number of hydrogen-bond acceptors (Lipinski definition) is 8. The van der Waals surface area contributed by atoms with Crippen molar-refractivity contribution in [2.45, 2.75) is 96.4 Å². The number of esters is 1. The Kier molecular flexibility index (Phi) is 9.97. The number of hydrogen-bond donors (Lipinski definition) is 2. The van der Waals surface area contributed by atoms with E-state index in [-0.39, 0.29) is 60.2 Å². The maximum atomic E-state index is 13.9. The number of carbonyl (C=O) groups is 4. The molecule has 0 bridgehead atoms. The summed E-state index contributed by atoms with van der Waals surface area (Å²) in [5, 5.41) is 4.89. The van der Waals surface area contributed by atoms with E-state index in [1.165, 1.54) is 14.2 Å². The minimum Gasteiger partial charge on any atom is -0.469 e. The van der Waals surface area contributed by atoms with Gasteiger partial charge < -0.3 is 29.6 Å². The van der Waals surface area contributed by atoms with Gasteiger partial charge in [-0.3, -0.25) is 19.4 Å². The molecule has 1 unspecified atom stereocenters. The Balaban J connectivity index is 0.920. The number of fused-ring (bicyclic) bond motifs is 3. The summed E-state index contributed by atoms with van der Waals surface area (Å²) in [6, 6.07) is 12.1. The van der Waals surface area contributed by atoms with E-state index < -0.39 is 18.1 Å². The molecule has 2 saturated carbocycles. The second-order valence-corrected chi connectivity index (χ2v) is 16.8. The van der Waals surface area contributed by atoms with Crippen LogP contribution in [0.3, 0.4) is 0 Å². The Bertz CT molecular complexity index is 2210. The number of alkyl carbamates (subject to hydrolysis) is 1. The van der Waals surface area contributed by atoms with Crippen molar-refractivity contribution < 1.29 is 28.7 Å². The Morgan fingerprint density at radius 1 is 0.857 bits per heavy atom. The number of nitrogens with one attached hydrogen (secondary N) is 2. The summed E-state index contributed by atoms with van der Waals surface area (Å²) in [5.74, 6) is 7.25. The first-order chi connectivity index (χ1) is 26.9. The van der Waals surface area contributed by atoms with Crippen molar-refractivity contribution >= 4 is 45.9 Å². The molecule has 12 nitrogen and oxygen atoms in total. The number of allylic oxidation sites excluding steroid dienone is 1. The highest BCUT2D eigenvalue weighted by molar-refractivity contribution is 6.04. The highest BCUT2D eigenvalue weighted by Crippen LogP contribution is 2.53. The molecule has 8 atom stereocenters. The second-order valence-electron chi connectivity index (χ2n) is 16.8. The average molecular weight is 759 g/mol. The number of piperidine rings is 2. The van der Waals surface area contributed by atoms with Gasteiger partial charge in [-0.1, -0.05) is 51.8 Å². The van der Waals surface area contributed by atoms with Gasteiger partial charge in [0.25, 0.3) is 0 Å². The van der Waals surface area contributed by atoms with E-state index in [1.807, 2.05) is 49.8 Å². The van der Waals surface area contributed by atoms with Crippen LogP contribution in [-0.4, -0.2) is 87.7 Å². The van der Waals surface area contributed by atoms with Gasteiger partial charge in [-0.2, -0.15) is 0 Å². The van der Waals surface area contributed by atoms with Crippen molar-refractivity contribution in [1.82, 2.24) is 25.1 Å². The van der Waals surface area contributed by atoms with Crippen molar-refractivity contribution in [2.24, 2.45) is 34.6 Å². The molecule has 3 amide bonds. The van der Waals surface area contributed by atoms with Gasteiger partial charge >= 0.3 is 12.1 Å². The molecule has 2 saturated heterocycles. The average Bonchev–Trinajstić information content (AvgIpc) is 3.79. The Morgan fingerprint density at radius 3 is 2.25 bits per heavy atom. The summed E-state index contributed by atoms with van der Waals surface area (Å²) < 4.78 is 9.70. The quantitative estimate of drug-likeness (QED) is 0.190. The predicted molar refractivity (Wildman–Crippen MR) is 211 cm³/mol. The molecular weight excluding hydrogens is 709 g/mol. The summed E-state index contributed by atoms with van der Waals surface area (Å²) in [5.41, 5.74) is 4.79. The molecule has 3 aliphatic heterocycles. The van der Waals surface area contributed by atoms with E-state index in [0.717, 1.165) is 58.9 Å². The summed E-state index contributed by atoms with van der Waals surface area (Å²) in [4.78, 5) is 68.6. The first-order valence-corrected chi connectivity index (χ1v) is 19.9. The highest BCUT2D eigenvalue weighted by atomic mass is 16.5. The number of H-pyrrole nitrogens is 1. The number of aliphatic imine (C=N–C) groups is 1. The molecular formula is C44H50N6O6.